The first kappa shape index (κ1) is 9.26. The molecule has 0 aliphatic heterocycles. The number of rotatable bonds is 0. The fourth-order valence-corrected chi connectivity index (χ4v) is 4.07. The molecule has 0 amide bonds. The van der Waals surface area contributed by atoms with Gasteiger partial charge in [0, 0.05) is 0 Å². The molecule has 0 atom stereocenters. The van der Waals surface area contributed by atoms with Crippen LogP contribution in [0.5, 0.6) is 0 Å². The fraction of sp³-hybridized carbons (Fsp3) is 0.800. The summed E-state index contributed by atoms with van der Waals surface area (Å²) in [6.07, 6.45) is 8.59. The van der Waals surface area contributed by atoms with E-state index < -0.39 is 0 Å². The summed E-state index contributed by atoms with van der Waals surface area (Å²) < 4.78 is 1.25. The molecule has 12 heavy (non-hydrogen) atoms. The van der Waals surface area contributed by atoms with Crippen molar-refractivity contribution in [1.82, 2.24) is 0 Å². The Bertz CT molecular complexity index is 180. The van der Waals surface area contributed by atoms with E-state index >= 15 is 0 Å². The Morgan fingerprint density at radius 2 is 1.33 bits per heavy atom. The molecule has 0 aromatic rings. The van der Waals surface area contributed by atoms with Crippen LogP contribution in [-0.4, -0.2) is 0 Å². The highest BCUT2D eigenvalue weighted by atomic mass is 79.9. The van der Waals surface area contributed by atoms with Gasteiger partial charge < -0.3 is 0 Å². The Morgan fingerprint density at radius 3 is 1.58 bits per heavy atom. The molecule has 0 spiro atoms. The summed E-state index contributed by atoms with van der Waals surface area (Å²) in [4.78, 5) is 0. The SMILES string of the molecule is BrC(Br)=C1C2CCCC1CCC2. The second-order valence-electron chi connectivity index (χ2n) is 3.97. The van der Waals surface area contributed by atoms with Crippen LogP contribution in [0, 0.1) is 11.8 Å². The second kappa shape index (κ2) is 3.83. The molecule has 2 heteroatoms. The molecule has 0 aromatic carbocycles. The van der Waals surface area contributed by atoms with Crippen LogP contribution in [-0.2, 0) is 0 Å². The minimum Gasteiger partial charge on any atom is -0.0522 e. The number of fused-ring (bicyclic) bond motifs is 2. The summed E-state index contributed by atoms with van der Waals surface area (Å²) in [5, 5.41) is 0. The van der Waals surface area contributed by atoms with Crippen molar-refractivity contribution in [3.8, 4) is 0 Å². The van der Waals surface area contributed by atoms with Crippen LogP contribution < -0.4 is 0 Å². The highest BCUT2D eigenvalue weighted by Crippen LogP contribution is 2.47. The van der Waals surface area contributed by atoms with Crippen LogP contribution in [0.15, 0.2) is 8.96 Å². The van der Waals surface area contributed by atoms with Crippen molar-refractivity contribution < 1.29 is 0 Å². The summed E-state index contributed by atoms with van der Waals surface area (Å²) >= 11 is 7.18. The van der Waals surface area contributed by atoms with Gasteiger partial charge in [0.05, 0.1) is 3.39 Å². The summed E-state index contributed by atoms with van der Waals surface area (Å²) in [6, 6.07) is 0. The van der Waals surface area contributed by atoms with Crippen molar-refractivity contribution in [2.45, 2.75) is 38.5 Å². The molecule has 0 radical (unpaired) electrons. The van der Waals surface area contributed by atoms with Gasteiger partial charge in [-0.1, -0.05) is 12.8 Å². The van der Waals surface area contributed by atoms with Gasteiger partial charge in [-0.3, -0.25) is 0 Å². The van der Waals surface area contributed by atoms with E-state index in [4.69, 9.17) is 0 Å². The molecule has 2 saturated carbocycles. The normalized spacial score (nSPS) is 35.0. The van der Waals surface area contributed by atoms with Gasteiger partial charge in [-0.05, 0) is 75.0 Å². The van der Waals surface area contributed by atoms with Gasteiger partial charge in [0.25, 0.3) is 0 Å². The van der Waals surface area contributed by atoms with Crippen LogP contribution in [0.25, 0.3) is 0 Å². The maximum absolute atomic E-state index is 3.59. The van der Waals surface area contributed by atoms with Crippen LogP contribution in [0.2, 0.25) is 0 Å². The van der Waals surface area contributed by atoms with Crippen molar-refractivity contribution in [1.29, 1.82) is 0 Å². The van der Waals surface area contributed by atoms with Gasteiger partial charge in [-0.15, -0.1) is 0 Å². The molecular weight excluding hydrogens is 280 g/mol. The van der Waals surface area contributed by atoms with Gasteiger partial charge in [0.15, 0.2) is 0 Å². The molecule has 2 aliphatic rings. The van der Waals surface area contributed by atoms with E-state index in [1.165, 1.54) is 41.9 Å². The first-order valence-electron chi connectivity index (χ1n) is 4.84. The lowest BCUT2D eigenvalue weighted by molar-refractivity contribution is 0.278. The first-order valence-corrected chi connectivity index (χ1v) is 6.42. The second-order valence-corrected chi connectivity index (χ2v) is 6.62. The zero-order chi connectivity index (χ0) is 8.55. The van der Waals surface area contributed by atoms with Crippen molar-refractivity contribution in [3.05, 3.63) is 8.96 Å². The first-order chi connectivity index (χ1) is 5.79. The molecule has 0 saturated heterocycles. The summed E-state index contributed by atoms with van der Waals surface area (Å²) in [5.74, 6) is 1.79. The zero-order valence-corrected chi connectivity index (χ0v) is 10.3. The number of hydrogen-bond acceptors (Lipinski definition) is 0. The van der Waals surface area contributed by atoms with Gasteiger partial charge in [0.2, 0.25) is 0 Å². The van der Waals surface area contributed by atoms with Crippen LogP contribution >= 0.6 is 31.9 Å². The van der Waals surface area contributed by atoms with Gasteiger partial charge in [-0.25, -0.2) is 0 Å². The average Bonchev–Trinajstić information content (AvgIpc) is 2.02. The predicted octanol–water partition coefficient (Wildman–Crippen LogP) is 4.59. The van der Waals surface area contributed by atoms with Crippen LogP contribution in [0.1, 0.15) is 38.5 Å². The molecule has 2 aliphatic carbocycles. The molecule has 0 nitrogen and oxygen atoms in total. The molecule has 0 N–H and O–H groups in total. The third-order valence-electron chi connectivity index (χ3n) is 3.31. The molecular formula is C10H14Br2. The van der Waals surface area contributed by atoms with E-state index in [0.29, 0.717) is 0 Å². The number of allylic oxidation sites excluding steroid dienone is 1. The third-order valence-corrected chi connectivity index (χ3v) is 4.22. The van der Waals surface area contributed by atoms with E-state index in [-0.39, 0.29) is 0 Å². The minimum absolute atomic E-state index is 0.895. The van der Waals surface area contributed by atoms with Crippen molar-refractivity contribution in [2.75, 3.05) is 0 Å². The Hall–Kier alpha value is 0.700. The maximum Gasteiger partial charge on any atom is 0.0601 e. The van der Waals surface area contributed by atoms with E-state index in [1.807, 2.05) is 0 Å². The highest BCUT2D eigenvalue weighted by Gasteiger charge is 2.32. The van der Waals surface area contributed by atoms with E-state index in [2.05, 4.69) is 31.9 Å². The van der Waals surface area contributed by atoms with Crippen molar-refractivity contribution >= 4 is 31.9 Å². The average molecular weight is 294 g/mol. The molecule has 2 fully saturated rings. The molecule has 0 aromatic heterocycles. The Morgan fingerprint density at radius 1 is 0.917 bits per heavy atom. The summed E-state index contributed by atoms with van der Waals surface area (Å²) in [7, 11) is 0. The maximum atomic E-state index is 3.59. The lowest BCUT2D eigenvalue weighted by Crippen LogP contribution is -2.24. The van der Waals surface area contributed by atoms with Crippen molar-refractivity contribution in [2.24, 2.45) is 11.8 Å². The molecule has 0 heterocycles. The number of hydrogen-bond donors (Lipinski definition) is 0. The lowest BCUT2D eigenvalue weighted by atomic mass is 9.69. The van der Waals surface area contributed by atoms with Gasteiger partial charge in [0.1, 0.15) is 0 Å². The monoisotopic (exact) mass is 292 g/mol. The van der Waals surface area contributed by atoms with E-state index in [1.54, 1.807) is 5.57 Å². The fourth-order valence-electron chi connectivity index (χ4n) is 2.77. The standard InChI is InChI=1S/C10H14Br2/c11-10(12)9-7-3-1-4-8(9)6-2-5-7/h7-8H,1-6H2. The largest absolute Gasteiger partial charge is 0.0601 e. The quantitative estimate of drug-likeness (QED) is 0.613. The number of halogens is 2. The third kappa shape index (κ3) is 1.65. The van der Waals surface area contributed by atoms with Gasteiger partial charge >= 0.3 is 0 Å². The smallest absolute Gasteiger partial charge is 0.0522 e. The summed E-state index contributed by atoms with van der Waals surface area (Å²) in [6.45, 7) is 0. The summed E-state index contributed by atoms with van der Waals surface area (Å²) in [5.41, 5.74) is 1.69. The van der Waals surface area contributed by atoms with Crippen LogP contribution in [0.3, 0.4) is 0 Å². The Balaban J connectivity index is 2.25. The van der Waals surface area contributed by atoms with Crippen LogP contribution in [0.4, 0.5) is 0 Å². The molecule has 2 bridgehead atoms. The lowest BCUT2D eigenvalue weighted by Gasteiger charge is -2.37. The predicted molar refractivity (Wildman–Crippen MR) is 59.6 cm³/mol. The van der Waals surface area contributed by atoms with E-state index in [9.17, 15) is 0 Å². The Labute approximate surface area is 91.1 Å². The highest BCUT2D eigenvalue weighted by molar-refractivity contribution is 9.28. The van der Waals surface area contributed by atoms with Gasteiger partial charge in [-0.2, -0.15) is 0 Å². The van der Waals surface area contributed by atoms with Crippen molar-refractivity contribution in [3.63, 3.8) is 0 Å². The van der Waals surface area contributed by atoms with E-state index in [0.717, 1.165) is 11.8 Å². The minimum atomic E-state index is 0.895. The molecule has 0 unspecified atom stereocenters. The zero-order valence-electron chi connectivity index (χ0n) is 7.15. The molecule has 68 valence electrons. The molecule has 2 rings (SSSR count). The Kier molecular flexibility index (Phi) is 2.96. The topological polar surface area (TPSA) is 0 Å².